The molecule has 0 saturated carbocycles. The van der Waals surface area contributed by atoms with E-state index in [1.165, 1.54) is 22.2 Å². The molecule has 176 valence electrons. The number of hydrogen-bond acceptors (Lipinski definition) is 3. The Bertz CT molecular complexity index is 1040. The van der Waals surface area contributed by atoms with Crippen molar-refractivity contribution in [3.63, 3.8) is 0 Å². The molecule has 2 aromatic carbocycles. The Labute approximate surface area is 201 Å². The molecule has 0 radical (unpaired) electrons. The molecule has 1 aliphatic heterocycles. The topological polar surface area (TPSA) is 46.5 Å². The van der Waals surface area contributed by atoms with Crippen LogP contribution in [0.5, 0.6) is 0 Å². The average molecular weight is 468 g/mol. The van der Waals surface area contributed by atoms with Gasteiger partial charge in [0, 0.05) is 55.0 Å². The van der Waals surface area contributed by atoms with Crippen LogP contribution >= 0.6 is 11.6 Å². The molecule has 0 bridgehead atoms. The summed E-state index contributed by atoms with van der Waals surface area (Å²) in [7, 11) is 0. The Morgan fingerprint density at radius 1 is 1.09 bits per heavy atom. The van der Waals surface area contributed by atoms with E-state index in [1.54, 1.807) is 0 Å². The van der Waals surface area contributed by atoms with Gasteiger partial charge in [0.25, 0.3) is 0 Å². The molecule has 0 atom stereocenters. The lowest BCUT2D eigenvalue weighted by Gasteiger charge is -2.31. The number of amides is 1. The maximum Gasteiger partial charge on any atom is 0.223 e. The van der Waals surface area contributed by atoms with Crippen molar-refractivity contribution in [2.45, 2.75) is 39.3 Å². The molecule has 2 heterocycles. The van der Waals surface area contributed by atoms with Crippen molar-refractivity contribution < 1.29 is 9.53 Å². The molecular formula is C27H34ClN3O2. The second-order valence-corrected chi connectivity index (χ2v) is 9.24. The summed E-state index contributed by atoms with van der Waals surface area (Å²) >= 11 is 6.08. The predicted molar refractivity (Wildman–Crippen MR) is 135 cm³/mol. The number of nitrogens with zero attached hydrogens (tertiary/aromatic N) is 2. The van der Waals surface area contributed by atoms with Gasteiger partial charge in [-0.05, 0) is 74.5 Å². The van der Waals surface area contributed by atoms with Gasteiger partial charge in [-0.2, -0.15) is 0 Å². The van der Waals surface area contributed by atoms with Crippen LogP contribution in [0.25, 0.3) is 10.9 Å². The number of benzene rings is 2. The normalized spacial score (nSPS) is 15.2. The Hall–Kier alpha value is -2.34. The third-order valence-electron chi connectivity index (χ3n) is 6.46. The summed E-state index contributed by atoms with van der Waals surface area (Å²) < 4.78 is 7.75. The molecule has 1 aromatic heterocycles. The first-order chi connectivity index (χ1) is 16.1. The lowest BCUT2D eigenvalue weighted by molar-refractivity contribution is -0.126. The van der Waals surface area contributed by atoms with Crippen LogP contribution in [0.4, 0.5) is 0 Å². The van der Waals surface area contributed by atoms with Gasteiger partial charge < -0.3 is 14.6 Å². The Balaban J connectivity index is 1.36. The molecular weight excluding hydrogens is 434 g/mol. The summed E-state index contributed by atoms with van der Waals surface area (Å²) in [5.41, 5.74) is 3.80. The molecule has 33 heavy (non-hydrogen) atoms. The van der Waals surface area contributed by atoms with Crippen LogP contribution in [0.1, 0.15) is 37.4 Å². The molecule has 5 nitrogen and oxygen atoms in total. The van der Waals surface area contributed by atoms with Gasteiger partial charge >= 0.3 is 0 Å². The second-order valence-electron chi connectivity index (χ2n) is 8.80. The fourth-order valence-corrected chi connectivity index (χ4v) is 4.74. The predicted octanol–water partition coefficient (Wildman–Crippen LogP) is 5.10. The maximum absolute atomic E-state index is 12.5. The van der Waals surface area contributed by atoms with Crippen LogP contribution in [0.15, 0.2) is 54.6 Å². The van der Waals surface area contributed by atoms with Crippen molar-refractivity contribution in [1.29, 1.82) is 0 Å². The molecule has 0 unspecified atom stereocenters. The summed E-state index contributed by atoms with van der Waals surface area (Å²) in [4.78, 5) is 15.0. The zero-order valence-corrected chi connectivity index (χ0v) is 20.2. The van der Waals surface area contributed by atoms with Gasteiger partial charge in [-0.15, -0.1) is 0 Å². The first-order valence-electron chi connectivity index (χ1n) is 12.0. The quantitative estimate of drug-likeness (QED) is 0.422. The molecule has 4 rings (SSSR count). The second kappa shape index (κ2) is 11.7. The fraction of sp³-hybridized carbons (Fsp3) is 0.444. The van der Waals surface area contributed by atoms with Crippen LogP contribution in [0, 0.1) is 5.92 Å². The molecule has 1 aliphatic rings. The molecule has 6 heteroatoms. The van der Waals surface area contributed by atoms with Crippen LogP contribution in [-0.4, -0.2) is 48.2 Å². The number of halogens is 1. The van der Waals surface area contributed by atoms with Gasteiger partial charge in [0.2, 0.25) is 5.91 Å². The highest BCUT2D eigenvalue weighted by Gasteiger charge is 2.25. The number of nitrogens with one attached hydrogen (secondary N) is 1. The van der Waals surface area contributed by atoms with Gasteiger partial charge in [-0.3, -0.25) is 9.69 Å². The Morgan fingerprint density at radius 2 is 1.85 bits per heavy atom. The minimum absolute atomic E-state index is 0.119. The molecule has 3 aromatic rings. The van der Waals surface area contributed by atoms with E-state index in [0.29, 0.717) is 13.2 Å². The van der Waals surface area contributed by atoms with E-state index >= 15 is 0 Å². The third-order valence-corrected chi connectivity index (χ3v) is 6.72. The van der Waals surface area contributed by atoms with Gasteiger partial charge in [-0.25, -0.2) is 0 Å². The zero-order valence-electron chi connectivity index (χ0n) is 19.4. The van der Waals surface area contributed by atoms with Crippen LogP contribution in [0.3, 0.4) is 0 Å². The number of fused-ring (bicyclic) bond motifs is 1. The van der Waals surface area contributed by atoms with E-state index < -0.39 is 0 Å². The Morgan fingerprint density at radius 3 is 2.61 bits per heavy atom. The summed E-state index contributed by atoms with van der Waals surface area (Å²) in [6.07, 6.45) is 2.69. The Kier molecular flexibility index (Phi) is 8.43. The number of para-hydroxylation sites is 1. The highest BCUT2D eigenvalue weighted by Crippen LogP contribution is 2.25. The number of ether oxygens (including phenoxy) is 1. The van der Waals surface area contributed by atoms with Crippen LogP contribution in [-0.2, 0) is 22.6 Å². The molecule has 1 amide bonds. The van der Waals surface area contributed by atoms with E-state index in [-0.39, 0.29) is 11.8 Å². The van der Waals surface area contributed by atoms with Gasteiger partial charge in [0.15, 0.2) is 0 Å². The maximum atomic E-state index is 12.5. The van der Waals surface area contributed by atoms with Crippen molar-refractivity contribution >= 4 is 28.4 Å². The smallest absolute Gasteiger partial charge is 0.223 e. The molecule has 1 N–H and O–H groups in total. The number of carbonyl (C=O) groups is 1. The highest BCUT2D eigenvalue weighted by atomic mass is 35.5. The van der Waals surface area contributed by atoms with Crippen LogP contribution < -0.4 is 5.32 Å². The largest absolute Gasteiger partial charge is 0.382 e. The summed E-state index contributed by atoms with van der Waals surface area (Å²) in [6.45, 7) is 7.72. The van der Waals surface area contributed by atoms with E-state index in [9.17, 15) is 4.79 Å². The summed E-state index contributed by atoms with van der Waals surface area (Å²) in [6, 6.07) is 19.0. The summed E-state index contributed by atoms with van der Waals surface area (Å²) in [5, 5.41) is 5.11. The minimum atomic E-state index is 0.119. The number of piperidine rings is 1. The number of likely N-dealkylation sites (tertiary alicyclic amines) is 1. The van der Waals surface area contributed by atoms with Crippen molar-refractivity contribution in [2.24, 2.45) is 5.92 Å². The number of aromatic nitrogens is 1. The first kappa shape index (κ1) is 23.8. The number of rotatable bonds is 10. The van der Waals surface area contributed by atoms with Crippen molar-refractivity contribution in [1.82, 2.24) is 14.8 Å². The summed E-state index contributed by atoms with van der Waals surface area (Å²) in [5.74, 6) is 0.316. The molecule has 0 spiro atoms. The minimum Gasteiger partial charge on any atom is -0.382 e. The van der Waals surface area contributed by atoms with E-state index in [2.05, 4.69) is 57.2 Å². The first-order valence-corrected chi connectivity index (χ1v) is 12.4. The lowest BCUT2D eigenvalue weighted by Crippen LogP contribution is -2.40. The van der Waals surface area contributed by atoms with E-state index in [1.807, 2.05) is 19.1 Å². The van der Waals surface area contributed by atoms with Gasteiger partial charge in [0.1, 0.15) is 0 Å². The SMILES string of the molecule is CCOCCCNC(=O)C1CCN(Cc2cc3ccccc3n2Cc2ccc(Cl)cc2)CC1. The van der Waals surface area contributed by atoms with Gasteiger partial charge in [0.05, 0.1) is 0 Å². The number of carbonyl (C=O) groups excluding carboxylic acids is 1. The standard InChI is InChI=1S/C27H34ClN3O2/c1-2-33-17-5-14-29-27(32)22-12-15-30(16-13-22)20-25-18-23-6-3-4-7-26(23)31(25)19-21-8-10-24(28)11-9-21/h3-4,6-11,18,22H,2,5,12-17,19-20H2,1H3,(H,29,32). The third kappa shape index (κ3) is 6.38. The van der Waals surface area contributed by atoms with Crippen molar-refractivity contribution in [2.75, 3.05) is 32.8 Å². The molecule has 1 fully saturated rings. The molecule has 0 aliphatic carbocycles. The number of hydrogen-bond donors (Lipinski definition) is 1. The lowest BCUT2D eigenvalue weighted by atomic mass is 9.96. The average Bonchev–Trinajstić information content (AvgIpc) is 3.17. The zero-order chi connectivity index (χ0) is 23.0. The molecule has 1 saturated heterocycles. The van der Waals surface area contributed by atoms with E-state index in [4.69, 9.17) is 16.3 Å². The highest BCUT2D eigenvalue weighted by molar-refractivity contribution is 6.30. The monoisotopic (exact) mass is 467 g/mol. The fourth-order valence-electron chi connectivity index (χ4n) is 4.61. The van der Waals surface area contributed by atoms with Crippen molar-refractivity contribution in [3.05, 3.63) is 70.9 Å². The van der Waals surface area contributed by atoms with Crippen LogP contribution in [0.2, 0.25) is 5.02 Å². The van der Waals surface area contributed by atoms with Gasteiger partial charge in [-0.1, -0.05) is 41.9 Å². The van der Waals surface area contributed by atoms with Crippen molar-refractivity contribution in [3.8, 4) is 0 Å². The van der Waals surface area contributed by atoms with E-state index in [0.717, 1.165) is 57.1 Å².